The van der Waals surface area contributed by atoms with Crippen LogP contribution in [0.4, 0.5) is 0 Å². The Hall–Kier alpha value is 0.420. The van der Waals surface area contributed by atoms with Crippen molar-refractivity contribution in [1.82, 2.24) is 0 Å². The number of nitrogens with two attached hydrogens (primary N) is 4. The molecule has 0 aromatic carbocycles. The van der Waals surface area contributed by atoms with Gasteiger partial charge in [-0.15, -0.1) is 24.8 Å². The minimum Gasteiger partial charge on any atom is -0.330 e. The Balaban J connectivity index is -0.000000245. The summed E-state index contributed by atoms with van der Waals surface area (Å²) in [5, 5.41) is 0. The zero-order chi connectivity index (χ0) is 6.62. The highest BCUT2D eigenvalue weighted by atomic mass is 35.5. The molecule has 0 aliphatic rings. The molecule has 0 amide bonds. The van der Waals surface area contributed by atoms with Crippen LogP contribution in [0.2, 0.25) is 0 Å². The second-order valence-electron chi connectivity index (χ2n) is 1.98. The Morgan fingerprint density at radius 2 is 1.40 bits per heavy atom. The maximum atomic E-state index is 5.40. The normalized spacial score (nSPS) is 9.60. The van der Waals surface area contributed by atoms with E-state index in [1.165, 1.54) is 0 Å². The molecule has 10 heavy (non-hydrogen) atoms. The molecule has 0 fully saturated rings. The SMILES string of the molecule is Cl.Cl.NCCC(N)(N)CN. The van der Waals surface area contributed by atoms with Crippen LogP contribution in [0.3, 0.4) is 0 Å². The fourth-order valence-corrected chi connectivity index (χ4v) is 0.371. The minimum atomic E-state index is -0.755. The molecule has 0 aliphatic carbocycles. The zero-order valence-corrected chi connectivity index (χ0v) is 7.38. The number of hydrogen-bond acceptors (Lipinski definition) is 4. The first-order valence-electron chi connectivity index (χ1n) is 2.60. The van der Waals surface area contributed by atoms with Crippen LogP contribution in [0.15, 0.2) is 0 Å². The van der Waals surface area contributed by atoms with Crippen molar-refractivity contribution in [1.29, 1.82) is 0 Å². The third-order valence-corrected chi connectivity index (χ3v) is 0.990. The van der Waals surface area contributed by atoms with Gasteiger partial charge in [0, 0.05) is 6.54 Å². The summed E-state index contributed by atoms with van der Waals surface area (Å²) in [6.45, 7) is 0.772. The molecule has 66 valence electrons. The summed E-state index contributed by atoms with van der Waals surface area (Å²) in [6, 6.07) is 0. The highest BCUT2D eigenvalue weighted by Gasteiger charge is 2.13. The van der Waals surface area contributed by atoms with Crippen molar-refractivity contribution >= 4 is 24.8 Å². The lowest BCUT2D eigenvalue weighted by Gasteiger charge is -2.20. The van der Waals surface area contributed by atoms with E-state index >= 15 is 0 Å². The van der Waals surface area contributed by atoms with Crippen LogP contribution >= 0.6 is 24.8 Å². The average Bonchev–Trinajstić information content (AvgIpc) is 1.67. The highest BCUT2D eigenvalue weighted by Crippen LogP contribution is 1.90. The van der Waals surface area contributed by atoms with Gasteiger partial charge < -0.3 is 22.9 Å². The van der Waals surface area contributed by atoms with Gasteiger partial charge >= 0.3 is 0 Å². The van der Waals surface area contributed by atoms with E-state index in [4.69, 9.17) is 22.9 Å². The Bertz CT molecular complexity index is 68.3. The summed E-state index contributed by atoms with van der Waals surface area (Å²) in [5.74, 6) is 0. The molecule has 0 spiro atoms. The molecule has 0 rings (SSSR count). The summed E-state index contributed by atoms with van der Waals surface area (Å²) in [6.07, 6.45) is 0.573. The average molecular weight is 191 g/mol. The third kappa shape index (κ3) is 8.42. The molecule has 0 unspecified atom stereocenters. The summed E-state index contributed by atoms with van der Waals surface area (Å²) in [7, 11) is 0. The van der Waals surface area contributed by atoms with Crippen molar-refractivity contribution in [3.63, 3.8) is 0 Å². The fourth-order valence-electron chi connectivity index (χ4n) is 0.371. The minimum absolute atomic E-state index is 0. The molecule has 0 aromatic heterocycles. The molecule has 4 nitrogen and oxygen atoms in total. The largest absolute Gasteiger partial charge is 0.330 e. The molecule has 8 N–H and O–H groups in total. The van der Waals surface area contributed by atoms with Gasteiger partial charge in [-0.2, -0.15) is 0 Å². The molecule has 0 bridgehead atoms. The van der Waals surface area contributed by atoms with Crippen molar-refractivity contribution in [3.8, 4) is 0 Å². The maximum absolute atomic E-state index is 5.40. The first-order chi connectivity index (χ1) is 3.62. The molecule has 6 heteroatoms. The zero-order valence-electron chi connectivity index (χ0n) is 5.75. The molecular weight excluding hydrogens is 175 g/mol. The van der Waals surface area contributed by atoms with Crippen LogP contribution in [-0.4, -0.2) is 18.8 Å². The molecular formula is C4H16Cl2N4. The Kier molecular flexibility index (Phi) is 12.6. The molecule has 0 heterocycles. The summed E-state index contributed by atoms with van der Waals surface area (Å²) >= 11 is 0. The van der Waals surface area contributed by atoms with E-state index in [1.54, 1.807) is 0 Å². The van der Waals surface area contributed by atoms with E-state index in [0.29, 0.717) is 13.0 Å². The topological polar surface area (TPSA) is 104 Å². The Labute approximate surface area is 73.5 Å². The summed E-state index contributed by atoms with van der Waals surface area (Å²) < 4.78 is 0. The molecule has 0 radical (unpaired) electrons. The first kappa shape index (κ1) is 16.8. The van der Waals surface area contributed by atoms with Gasteiger partial charge in [-0.05, 0) is 13.0 Å². The van der Waals surface area contributed by atoms with Crippen LogP contribution in [0.5, 0.6) is 0 Å². The molecule has 0 atom stereocenters. The van der Waals surface area contributed by atoms with Gasteiger partial charge in [0.1, 0.15) is 0 Å². The molecule has 0 saturated heterocycles. The predicted octanol–water partition coefficient (Wildman–Crippen LogP) is -1.25. The Morgan fingerprint density at radius 1 is 1.00 bits per heavy atom. The lowest BCUT2D eigenvalue weighted by molar-refractivity contribution is 0.425. The van der Waals surface area contributed by atoms with Crippen LogP contribution in [0.1, 0.15) is 6.42 Å². The van der Waals surface area contributed by atoms with Crippen LogP contribution in [0, 0.1) is 0 Å². The first-order valence-corrected chi connectivity index (χ1v) is 2.60. The second-order valence-corrected chi connectivity index (χ2v) is 1.98. The van der Waals surface area contributed by atoms with Gasteiger partial charge in [-0.25, -0.2) is 0 Å². The van der Waals surface area contributed by atoms with Crippen LogP contribution in [0.25, 0.3) is 0 Å². The monoisotopic (exact) mass is 190 g/mol. The van der Waals surface area contributed by atoms with E-state index in [9.17, 15) is 0 Å². The number of halogens is 2. The summed E-state index contributed by atoms with van der Waals surface area (Å²) in [5.41, 5.74) is 20.4. The van der Waals surface area contributed by atoms with Gasteiger partial charge in [0.15, 0.2) is 0 Å². The Morgan fingerprint density at radius 3 is 1.50 bits per heavy atom. The maximum Gasteiger partial charge on any atom is 0.0774 e. The van der Waals surface area contributed by atoms with E-state index in [1.807, 2.05) is 0 Å². The van der Waals surface area contributed by atoms with Gasteiger partial charge in [0.25, 0.3) is 0 Å². The second kappa shape index (κ2) is 7.53. The summed E-state index contributed by atoms with van der Waals surface area (Å²) in [4.78, 5) is 0. The van der Waals surface area contributed by atoms with Crippen molar-refractivity contribution in [2.24, 2.45) is 22.9 Å². The van der Waals surface area contributed by atoms with Crippen molar-refractivity contribution in [2.45, 2.75) is 12.1 Å². The standard InChI is InChI=1S/C4H14N4.2ClH/c5-2-1-4(7,8)3-6;;/h1-3,5-8H2;2*1H. The van der Waals surface area contributed by atoms with Crippen molar-refractivity contribution in [3.05, 3.63) is 0 Å². The quantitative estimate of drug-likeness (QED) is 0.418. The lowest BCUT2D eigenvalue weighted by Crippen LogP contribution is -2.56. The van der Waals surface area contributed by atoms with Gasteiger partial charge in [0.05, 0.1) is 5.66 Å². The third-order valence-electron chi connectivity index (χ3n) is 0.990. The number of rotatable bonds is 3. The molecule has 0 aromatic rings. The fraction of sp³-hybridized carbons (Fsp3) is 1.00. The van der Waals surface area contributed by atoms with Crippen LogP contribution < -0.4 is 22.9 Å². The van der Waals surface area contributed by atoms with E-state index < -0.39 is 5.66 Å². The lowest BCUT2D eigenvalue weighted by atomic mass is 10.1. The van der Waals surface area contributed by atoms with E-state index in [2.05, 4.69) is 0 Å². The van der Waals surface area contributed by atoms with Gasteiger partial charge in [-0.3, -0.25) is 0 Å². The van der Waals surface area contributed by atoms with Crippen LogP contribution in [-0.2, 0) is 0 Å². The smallest absolute Gasteiger partial charge is 0.0774 e. The van der Waals surface area contributed by atoms with Crippen molar-refractivity contribution in [2.75, 3.05) is 13.1 Å². The van der Waals surface area contributed by atoms with E-state index in [0.717, 1.165) is 0 Å². The molecule has 0 aliphatic heterocycles. The van der Waals surface area contributed by atoms with Gasteiger partial charge in [-0.1, -0.05) is 0 Å². The van der Waals surface area contributed by atoms with Gasteiger partial charge in [0.2, 0.25) is 0 Å². The highest BCUT2D eigenvalue weighted by molar-refractivity contribution is 5.85. The van der Waals surface area contributed by atoms with Crippen molar-refractivity contribution < 1.29 is 0 Å². The number of hydrogen-bond donors (Lipinski definition) is 4. The molecule has 0 saturated carbocycles. The van der Waals surface area contributed by atoms with E-state index in [-0.39, 0.29) is 31.4 Å². The predicted molar refractivity (Wildman–Crippen MR) is 48.3 cm³/mol.